The van der Waals surface area contributed by atoms with Gasteiger partial charge in [0.15, 0.2) is 0 Å². The molecule has 0 aliphatic carbocycles. The van der Waals surface area contributed by atoms with Gasteiger partial charge in [0.2, 0.25) is 0 Å². The second kappa shape index (κ2) is 3.49. The van der Waals surface area contributed by atoms with Crippen LogP contribution in [0.15, 0.2) is 6.20 Å². The lowest BCUT2D eigenvalue weighted by Gasteiger charge is -1.80. The van der Waals surface area contributed by atoms with E-state index in [0.717, 1.165) is 16.5 Å². The normalized spacial score (nSPS) is 10.0. The van der Waals surface area contributed by atoms with Crippen molar-refractivity contribution in [3.05, 3.63) is 16.1 Å². The van der Waals surface area contributed by atoms with Crippen LogP contribution in [0.3, 0.4) is 0 Å². The molecule has 1 aromatic heterocycles. The lowest BCUT2D eigenvalue weighted by molar-refractivity contribution is 1.26. The molecule has 0 atom stereocenters. The molecule has 0 saturated heterocycles. The van der Waals surface area contributed by atoms with Crippen molar-refractivity contribution in [2.75, 3.05) is 0 Å². The molecular formula is C5H7NS3. The molecule has 1 aromatic rings. The molecule has 0 amide bonds. The molecule has 0 radical (unpaired) electrons. The summed E-state index contributed by atoms with van der Waals surface area (Å²) in [6, 6.07) is 0. The largest absolute Gasteiger partial charge is 0.248 e. The van der Waals surface area contributed by atoms with Gasteiger partial charge in [-0.05, 0) is 0 Å². The zero-order valence-electron chi connectivity index (χ0n) is 4.74. The van der Waals surface area contributed by atoms with Crippen molar-refractivity contribution in [1.29, 1.82) is 0 Å². The summed E-state index contributed by atoms with van der Waals surface area (Å²) in [4.78, 5) is 5.31. The Morgan fingerprint density at radius 1 is 1.44 bits per heavy atom. The monoisotopic (exact) mass is 177 g/mol. The molecule has 50 valence electrons. The van der Waals surface area contributed by atoms with Crippen molar-refractivity contribution in [2.24, 2.45) is 0 Å². The molecule has 0 fully saturated rings. The highest BCUT2D eigenvalue weighted by Crippen LogP contribution is 2.15. The molecule has 0 aliphatic heterocycles. The van der Waals surface area contributed by atoms with Gasteiger partial charge in [-0.25, -0.2) is 4.98 Å². The first-order chi connectivity index (χ1) is 4.36. The van der Waals surface area contributed by atoms with Gasteiger partial charge in [0.05, 0.1) is 0 Å². The second-order valence-corrected chi connectivity index (χ2v) is 3.37. The van der Waals surface area contributed by atoms with Gasteiger partial charge < -0.3 is 0 Å². The third-order valence-electron chi connectivity index (χ3n) is 0.893. The van der Waals surface area contributed by atoms with Gasteiger partial charge in [0.1, 0.15) is 5.01 Å². The molecule has 0 saturated carbocycles. The summed E-state index contributed by atoms with van der Waals surface area (Å²) < 4.78 is 0. The van der Waals surface area contributed by atoms with E-state index in [1.54, 1.807) is 11.3 Å². The van der Waals surface area contributed by atoms with E-state index in [0.29, 0.717) is 0 Å². The Hall–Kier alpha value is 0.330. The first-order valence-corrected chi connectivity index (χ1v) is 4.60. The Bertz CT molecular complexity index is 166. The van der Waals surface area contributed by atoms with Crippen LogP contribution in [-0.2, 0) is 11.5 Å². The van der Waals surface area contributed by atoms with E-state index in [2.05, 4.69) is 30.2 Å². The molecule has 9 heavy (non-hydrogen) atoms. The van der Waals surface area contributed by atoms with Crippen LogP contribution in [0.5, 0.6) is 0 Å². The van der Waals surface area contributed by atoms with E-state index in [1.165, 1.54) is 4.88 Å². The minimum Gasteiger partial charge on any atom is -0.248 e. The predicted molar refractivity (Wildman–Crippen MR) is 47.5 cm³/mol. The maximum absolute atomic E-state index is 4.11. The Morgan fingerprint density at radius 2 is 2.22 bits per heavy atom. The smallest absolute Gasteiger partial charge is 0.102 e. The van der Waals surface area contributed by atoms with Crippen molar-refractivity contribution in [1.82, 2.24) is 4.98 Å². The highest BCUT2D eigenvalue weighted by Gasteiger charge is 1.95. The molecule has 1 heterocycles. The SMILES string of the molecule is SCc1cnc(CS)s1. The Labute approximate surface area is 69.3 Å². The van der Waals surface area contributed by atoms with Gasteiger partial charge in [-0.1, -0.05) is 0 Å². The van der Waals surface area contributed by atoms with E-state index in [-0.39, 0.29) is 0 Å². The summed E-state index contributed by atoms with van der Waals surface area (Å²) >= 11 is 9.86. The Balaban J connectivity index is 2.74. The second-order valence-electron chi connectivity index (χ2n) is 1.54. The molecule has 0 spiro atoms. The number of hydrogen-bond acceptors (Lipinski definition) is 4. The number of thiazole rings is 1. The van der Waals surface area contributed by atoms with Crippen molar-refractivity contribution in [3.63, 3.8) is 0 Å². The van der Waals surface area contributed by atoms with E-state index < -0.39 is 0 Å². The third kappa shape index (κ3) is 1.88. The highest BCUT2D eigenvalue weighted by molar-refractivity contribution is 7.79. The first kappa shape index (κ1) is 7.44. The van der Waals surface area contributed by atoms with Crippen LogP contribution in [-0.4, -0.2) is 4.98 Å². The number of hydrogen-bond donors (Lipinski definition) is 2. The summed E-state index contributed by atoms with van der Waals surface area (Å²) in [6.45, 7) is 0. The number of nitrogens with zero attached hydrogens (tertiary/aromatic N) is 1. The quantitative estimate of drug-likeness (QED) is 0.659. The van der Waals surface area contributed by atoms with Crippen LogP contribution in [0.25, 0.3) is 0 Å². The van der Waals surface area contributed by atoms with E-state index in [4.69, 9.17) is 0 Å². The maximum atomic E-state index is 4.11. The number of aromatic nitrogens is 1. The molecular weight excluding hydrogens is 170 g/mol. The fourth-order valence-electron chi connectivity index (χ4n) is 0.494. The topological polar surface area (TPSA) is 12.9 Å². The molecule has 1 nitrogen and oxygen atoms in total. The first-order valence-electron chi connectivity index (χ1n) is 2.52. The fourth-order valence-corrected chi connectivity index (χ4v) is 1.69. The third-order valence-corrected chi connectivity index (χ3v) is 2.96. The molecule has 0 aromatic carbocycles. The predicted octanol–water partition coefficient (Wildman–Crippen LogP) is 2.00. The Morgan fingerprint density at radius 3 is 2.56 bits per heavy atom. The van der Waals surface area contributed by atoms with Crippen LogP contribution < -0.4 is 0 Å². The highest BCUT2D eigenvalue weighted by atomic mass is 32.1. The Kier molecular flexibility index (Phi) is 2.88. The molecule has 0 unspecified atom stereocenters. The van der Waals surface area contributed by atoms with Crippen LogP contribution in [0, 0.1) is 0 Å². The van der Waals surface area contributed by atoms with Gasteiger partial charge in [-0.3, -0.25) is 0 Å². The summed E-state index contributed by atoms with van der Waals surface area (Å²) in [5, 5.41) is 1.07. The molecule has 0 bridgehead atoms. The van der Waals surface area contributed by atoms with Crippen molar-refractivity contribution in [2.45, 2.75) is 11.5 Å². The van der Waals surface area contributed by atoms with Gasteiger partial charge in [-0.15, -0.1) is 11.3 Å². The maximum Gasteiger partial charge on any atom is 0.102 e. The minimum atomic E-state index is 0.735. The van der Waals surface area contributed by atoms with Crippen LogP contribution in [0.1, 0.15) is 9.88 Å². The summed E-state index contributed by atoms with van der Waals surface area (Å²) in [6.07, 6.45) is 1.85. The van der Waals surface area contributed by atoms with E-state index in [1.807, 2.05) is 6.20 Å². The summed E-state index contributed by atoms with van der Waals surface area (Å²) in [5.74, 6) is 1.52. The fraction of sp³-hybridized carbons (Fsp3) is 0.400. The van der Waals surface area contributed by atoms with Crippen molar-refractivity contribution >= 4 is 36.6 Å². The summed E-state index contributed by atoms with van der Waals surface area (Å²) in [7, 11) is 0. The van der Waals surface area contributed by atoms with Crippen molar-refractivity contribution < 1.29 is 0 Å². The standard InChI is InChI=1S/C5H7NS3/c7-2-4-1-6-5(3-8)9-4/h1,7-8H,2-3H2. The van der Waals surface area contributed by atoms with Crippen LogP contribution >= 0.6 is 36.6 Å². The van der Waals surface area contributed by atoms with E-state index in [9.17, 15) is 0 Å². The average Bonchev–Trinajstić information content (AvgIpc) is 2.34. The lowest BCUT2D eigenvalue weighted by Crippen LogP contribution is -1.67. The van der Waals surface area contributed by atoms with Gasteiger partial charge in [0.25, 0.3) is 0 Å². The van der Waals surface area contributed by atoms with Gasteiger partial charge in [-0.2, -0.15) is 25.3 Å². The molecule has 0 aliphatic rings. The summed E-state index contributed by atoms with van der Waals surface area (Å²) in [5.41, 5.74) is 0. The molecule has 0 N–H and O–H groups in total. The molecule has 1 rings (SSSR count). The minimum absolute atomic E-state index is 0.735. The van der Waals surface area contributed by atoms with E-state index >= 15 is 0 Å². The lowest BCUT2D eigenvalue weighted by atomic mass is 10.6. The number of thiol groups is 2. The van der Waals surface area contributed by atoms with Crippen LogP contribution in [0.4, 0.5) is 0 Å². The van der Waals surface area contributed by atoms with Gasteiger partial charge >= 0.3 is 0 Å². The van der Waals surface area contributed by atoms with Crippen molar-refractivity contribution in [3.8, 4) is 0 Å². The average molecular weight is 177 g/mol. The van der Waals surface area contributed by atoms with Gasteiger partial charge in [0, 0.05) is 22.6 Å². The molecule has 4 heteroatoms. The zero-order chi connectivity index (χ0) is 6.69. The van der Waals surface area contributed by atoms with Crippen LogP contribution in [0.2, 0.25) is 0 Å². The zero-order valence-corrected chi connectivity index (χ0v) is 7.35. The number of rotatable bonds is 2.